The first-order valence-corrected chi connectivity index (χ1v) is 10.7. The van der Waals surface area contributed by atoms with E-state index in [9.17, 15) is 19.5 Å². The highest BCUT2D eigenvalue weighted by atomic mass is 35.5. The number of hydrogen-bond acceptors (Lipinski definition) is 7. The molecule has 0 bridgehead atoms. The van der Waals surface area contributed by atoms with Crippen molar-refractivity contribution in [3.63, 3.8) is 0 Å². The number of amides is 1. The summed E-state index contributed by atoms with van der Waals surface area (Å²) in [6.45, 7) is 5.92. The van der Waals surface area contributed by atoms with Gasteiger partial charge in [-0.15, -0.1) is 0 Å². The maximum Gasteiger partial charge on any atom is 0.257 e. The predicted octanol–water partition coefficient (Wildman–Crippen LogP) is 3.87. The number of nitrogen functional groups attached to an aromatic ring is 1. The number of anilines is 4. The lowest BCUT2D eigenvalue weighted by Gasteiger charge is -2.34. The number of phenolic OH excluding ortho intramolecular Hbond substituents is 1. The molecule has 1 atom stereocenters. The fraction of sp³-hybridized carbons (Fsp3) is 0.292. The van der Waals surface area contributed by atoms with Crippen LogP contribution in [0.1, 0.15) is 42.7 Å². The fourth-order valence-corrected chi connectivity index (χ4v) is 3.84. The molecule has 0 saturated carbocycles. The Bertz CT molecular complexity index is 1270. The lowest BCUT2D eigenvalue weighted by atomic mass is 9.82. The third-order valence-corrected chi connectivity index (χ3v) is 5.49. The van der Waals surface area contributed by atoms with E-state index < -0.39 is 22.8 Å². The average Bonchev–Trinajstić information content (AvgIpc) is 2.71. The third kappa shape index (κ3) is 4.80. The highest BCUT2D eigenvalue weighted by molar-refractivity contribution is 6.30. The van der Waals surface area contributed by atoms with Crippen LogP contribution in [0.2, 0.25) is 5.02 Å². The quantitative estimate of drug-likeness (QED) is 0.245. The molecular weight excluding hydrogens is 444 g/mol. The van der Waals surface area contributed by atoms with Gasteiger partial charge in [-0.1, -0.05) is 38.4 Å². The number of aromatic hydroxyl groups is 1. The maximum atomic E-state index is 12.5. The molecule has 3 rings (SSSR count). The van der Waals surface area contributed by atoms with Crippen molar-refractivity contribution >= 4 is 40.3 Å². The van der Waals surface area contributed by atoms with Crippen LogP contribution in [0.15, 0.2) is 46.0 Å². The Balaban J connectivity index is 2.00. The molecule has 1 amide bonds. The molecule has 3 aromatic carbocycles. The Morgan fingerprint density at radius 3 is 2.30 bits per heavy atom. The summed E-state index contributed by atoms with van der Waals surface area (Å²) in [5.41, 5.74) is 5.71. The average molecular weight is 471 g/mol. The van der Waals surface area contributed by atoms with Gasteiger partial charge in [-0.05, 0) is 41.3 Å². The van der Waals surface area contributed by atoms with Gasteiger partial charge in [0.05, 0.1) is 17.3 Å². The van der Waals surface area contributed by atoms with E-state index >= 15 is 0 Å². The van der Waals surface area contributed by atoms with Gasteiger partial charge in [0.2, 0.25) is 0 Å². The van der Waals surface area contributed by atoms with Gasteiger partial charge in [0.15, 0.2) is 5.75 Å². The Morgan fingerprint density at radius 1 is 1.09 bits per heavy atom. The third-order valence-electron chi connectivity index (χ3n) is 5.27. The van der Waals surface area contributed by atoms with Gasteiger partial charge in [0.25, 0.3) is 16.8 Å². The molecule has 0 radical (unpaired) electrons. The van der Waals surface area contributed by atoms with Crippen molar-refractivity contribution in [2.45, 2.75) is 26.8 Å². The minimum Gasteiger partial charge on any atom is -0.505 e. The van der Waals surface area contributed by atoms with Crippen LogP contribution in [0.4, 0.5) is 22.7 Å². The molecule has 33 heavy (non-hydrogen) atoms. The van der Waals surface area contributed by atoms with Crippen molar-refractivity contribution in [3.8, 4) is 5.75 Å². The number of nitrogens with zero attached hydrogens (tertiary/aromatic N) is 1. The van der Waals surface area contributed by atoms with Crippen LogP contribution in [0.5, 0.6) is 5.75 Å². The molecule has 0 aromatic heterocycles. The zero-order valence-corrected chi connectivity index (χ0v) is 19.9. The topological polar surface area (TPSA) is 125 Å². The van der Waals surface area contributed by atoms with Crippen LogP contribution >= 0.6 is 11.6 Å². The molecule has 5 N–H and O–H groups in total. The molecule has 0 saturated heterocycles. The second-order valence-electron chi connectivity index (χ2n) is 9.20. The number of halogens is 1. The van der Waals surface area contributed by atoms with Gasteiger partial charge in [-0.3, -0.25) is 14.4 Å². The van der Waals surface area contributed by atoms with E-state index in [2.05, 4.69) is 10.6 Å². The highest BCUT2D eigenvalue weighted by Gasteiger charge is 2.31. The molecule has 0 fully saturated rings. The first-order chi connectivity index (χ1) is 15.3. The lowest BCUT2D eigenvalue weighted by molar-refractivity contribution is 0.0824. The van der Waals surface area contributed by atoms with Crippen LogP contribution in [0, 0.1) is 5.41 Å². The fourth-order valence-electron chi connectivity index (χ4n) is 3.59. The second-order valence-corrected chi connectivity index (χ2v) is 9.63. The van der Waals surface area contributed by atoms with Gasteiger partial charge in [-0.2, -0.15) is 0 Å². The summed E-state index contributed by atoms with van der Waals surface area (Å²) in [6, 6.07) is 9.30. The predicted molar refractivity (Wildman–Crippen MR) is 132 cm³/mol. The molecule has 174 valence electrons. The monoisotopic (exact) mass is 470 g/mol. The van der Waals surface area contributed by atoms with Crippen molar-refractivity contribution in [1.82, 2.24) is 4.90 Å². The number of phenols is 1. The molecule has 1 unspecified atom stereocenters. The number of nitrogens with one attached hydrogen (secondary N) is 2. The summed E-state index contributed by atoms with van der Waals surface area (Å²) >= 11 is 6.18. The number of para-hydroxylation sites is 1. The van der Waals surface area contributed by atoms with Crippen LogP contribution < -0.4 is 27.2 Å². The number of hydrogen-bond donors (Lipinski definition) is 4. The van der Waals surface area contributed by atoms with E-state index in [0.29, 0.717) is 10.7 Å². The molecule has 0 spiro atoms. The Labute approximate surface area is 196 Å². The first kappa shape index (κ1) is 24.1. The van der Waals surface area contributed by atoms with Gasteiger partial charge in [0.1, 0.15) is 11.4 Å². The van der Waals surface area contributed by atoms with Crippen molar-refractivity contribution in [2.75, 3.05) is 30.5 Å². The van der Waals surface area contributed by atoms with Crippen molar-refractivity contribution in [3.05, 3.63) is 73.0 Å². The molecule has 9 heteroatoms. The Kier molecular flexibility index (Phi) is 6.42. The molecule has 0 aliphatic carbocycles. The highest BCUT2D eigenvalue weighted by Crippen LogP contribution is 2.39. The van der Waals surface area contributed by atoms with E-state index in [1.807, 2.05) is 20.8 Å². The summed E-state index contributed by atoms with van der Waals surface area (Å²) < 4.78 is 0. The van der Waals surface area contributed by atoms with Crippen LogP contribution in [0.3, 0.4) is 0 Å². The Hall–Kier alpha value is -3.52. The number of nitrogens with two attached hydrogens (primary N) is 1. The van der Waals surface area contributed by atoms with Gasteiger partial charge >= 0.3 is 0 Å². The molecule has 8 nitrogen and oxygen atoms in total. The summed E-state index contributed by atoms with van der Waals surface area (Å²) in [7, 11) is 3.13. The van der Waals surface area contributed by atoms with E-state index in [0.717, 1.165) is 5.56 Å². The van der Waals surface area contributed by atoms with E-state index in [4.69, 9.17) is 17.3 Å². The van der Waals surface area contributed by atoms with E-state index in [1.165, 1.54) is 17.0 Å². The summed E-state index contributed by atoms with van der Waals surface area (Å²) in [5, 5.41) is 17.0. The lowest BCUT2D eigenvalue weighted by Crippen LogP contribution is -2.39. The summed E-state index contributed by atoms with van der Waals surface area (Å²) in [5.74, 6) is -0.712. The standard InChI is InChI=1S/C24H27ClN4O4/c1-24(2,3)22(12-9-13(25)11-14(26)10-12)28-18-17(20(31)21(18)32)27-16-8-6-7-15(19(16)30)23(33)29(4)5/h6-11,22,27-28,30H,26H2,1-5H3. The van der Waals surface area contributed by atoms with Crippen LogP contribution in [0.25, 0.3) is 0 Å². The van der Waals surface area contributed by atoms with E-state index in [-0.39, 0.29) is 33.8 Å². The van der Waals surface area contributed by atoms with Gasteiger partial charge < -0.3 is 26.4 Å². The normalized spacial score (nSPS) is 12.4. The SMILES string of the molecule is CN(C)C(=O)c1cccc(Nc2c(NC(c3cc(N)cc(Cl)c3)C(C)(C)C)c(=O)c2=O)c1O. The molecule has 0 aliphatic rings. The number of rotatable bonds is 6. The number of carbonyl (C=O) groups is 1. The zero-order chi connectivity index (χ0) is 24.7. The second kappa shape index (κ2) is 8.78. The van der Waals surface area contributed by atoms with Crippen molar-refractivity contribution < 1.29 is 9.90 Å². The smallest absolute Gasteiger partial charge is 0.257 e. The number of carbonyl (C=O) groups excluding carboxylic acids is 1. The van der Waals surface area contributed by atoms with Crippen LogP contribution in [-0.2, 0) is 0 Å². The van der Waals surface area contributed by atoms with Crippen molar-refractivity contribution in [1.29, 1.82) is 0 Å². The summed E-state index contributed by atoms with van der Waals surface area (Å²) in [4.78, 5) is 38.5. The molecular formula is C24H27ClN4O4. The van der Waals surface area contributed by atoms with Crippen LogP contribution in [-0.4, -0.2) is 30.0 Å². The molecule has 0 heterocycles. The first-order valence-electron chi connectivity index (χ1n) is 10.3. The number of benzene rings is 2. The minimum absolute atomic E-state index is 0.00834. The largest absolute Gasteiger partial charge is 0.505 e. The van der Waals surface area contributed by atoms with E-state index in [1.54, 1.807) is 38.4 Å². The van der Waals surface area contributed by atoms with Gasteiger partial charge in [0, 0.05) is 24.8 Å². The maximum absolute atomic E-state index is 12.5. The molecule has 3 aromatic rings. The molecule has 0 aliphatic heterocycles. The van der Waals surface area contributed by atoms with Crippen molar-refractivity contribution in [2.24, 2.45) is 5.41 Å². The minimum atomic E-state index is -0.723. The van der Waals surface area contributed by atoms with Gasteiger partial charge in [-0.25, -0.2) is 0 Å². The zero-order valence-electron chi connectivity index (χ0n) is 19.1. The Morgan fingerprint density at radius 2 is 1.73 bits per heavy atom. The summed E-state index contributed by atoms with van der Waals surface area (Å²) in [6.07, 6.45) is 0.